The van der Waals surface area contributed by atoms with E-state index in [2.05, 4.69) is 5.32 Å². The predicted octanol–water partition coefficient (Wildman–Crippen LogP) is 0.697. The average molecular weight is 389 g/mol. The van der Waals surface area contributed by atoms with Gasteiger partial charge in [0.1, 0.15) is 5.25 Å². The lowest BCUT2D eigenvalue weighted by atomic mass is 10.1. The number of sulfone groups is 1. The molecule has 25 heavy (non-hydrogen) atoms. The van der Waals surface area contributed by atoms with Crippen molar-refractivity contribution in [3.63, 3.8) is 0 Å². The molecule has 9 heteroatoms. The van der Waals surface area contributed by atoms with E-state index in [4.69, 9.17) is 0 Å². The maximum atomic E-state index is 12.6. The summed E-state index contributed by atoms with van der Waals surface area (Å²) >= 11 is 0. The van der Waals surface area contributed by atoms with E-state index < -0.39 is 31.0 Å². The van der Waals surface area contributed by atoms with E-state index in [0.29, 0.717) is 12.8 Å². The molecule has 1 aliphatic heterocycles. The van der Waals surface area contributed by atoms with Crippen molar-refractivity contribution in [3.05, 3.63) is 29.8 Å². The average Bonchev–Trinajstić information content (AvgIpc) is 2.54. The lowest BCUT2D eigenvalue weighted by molar-refractivity contribution is -0.121. The SMILES string of the molecule is Cc1ccc(S(=O)(=O)N2CCC(NC(=O)C(C)S(C)(=O)=O)CC2)cc1. The zero-order valence-electron chi connectivity index (χ0n) is 14.6. The third-order valence-corrected chi connectivity index (χ3v) is 7.88. The molecule has 1 aromatic carbocycles. The number of benzene rings is 1. The summed E-state index contributed by atoms with van der Waals surface area (Å²) in [5.74, 6) is -0.539. The molecule has 0 aromatic heterocycles. The third kappa shape index (κ3) is 4.80. The van der Waals surface area contributed by atoms with Crippen LogP contribution in [0.25, 0.3) is 0 Å². The summed E-state index contributed by atoms with van der Waals surface area (Å²) in [6.45, 7) is 3.81. The fourth-order valence-electron chi connectivity index (χ4n) is 2.61. The van der Waals surface area contributed by atoms with Gasteiger partial charge in [-0.05, 0) is 38.8 Å². The summed E-state index contributed by atoms with van der Waals surface area (Å²) in [4.78, 5) is 12.2. The molecule has 1 fully saturated rings. The van der Waals surface area contributed by atoms with Crippen LogP contribution >= 0.6 is 0 Å². The molecular weight excluding hydrogens is 364 g/mol. The molecule has 1 saturated heterocycles. The molecule has 0 radical (unpaired) electrons. The lowest BCUT2D eigenvalue weighted by Crippen LogP contribution is -2.49. The van der Waals surface area contributed by atoms with Crippen molar-refractivity contribution in [3.8, 4) is 0 Å². The molecule has 1 heterocycles. The van der Waals surface area contributed by atoms with Crippen LogP contribution in [0.2, 0.25) is 0 Å². The number of sulfonamides is 1. The van der Waals surface area contributed by atoms with Crippen LogP contribution in [0.5, 0.6) is 0 Å². The van der Waals surface area contributed by atoms with Crippen LogP contribution < -0.4 is 5.32 Å². The van der Waals surface area contributed by atoms with Crippen LogP contribution in [0, 0.1) is 6.92 Å². The number of nitrogens with zero attached hydrogens (tertiary/aromatic N) is 1. The molecule has 1 aliphatic rings. The number of carbonyl (C=O) groups excluding carboxylic acids is 1. The highest BCUT2D eigenvalue weighted by molar-refractivity contribution is 7.92. The minimum atomic E-state index is -3.55. The quantitative estimate of drug-likeness (QED) is 0.800. The van der Waals surface area contributed by atoms with Crippen LogP contribution in [-0.4, -0.2) is 57.7 Å². The van der Waals surface area contributed by atoms with Gasteiger partial charge in [0.2, 0.25) is 15.9 Å². The Hall–Kier alpha value is -1.45. The Bertz CT molecular complexity index is 824. The smallest absolute Gasteiger partial charge is 0.243 e. The second-order valence-electron chi connectivity index (χ2n) is 6.47. The number of rotatable bonds is 5. The molecule has 7 nitrogen and oxygen atoms in total. The lowest BCUT2D eigenvalue weighted by Gasteiger charge is -2.32. The number of amides is 1. The van der Waals surface area contributed by atoms with Gasteiger partial charge < -0.3 is 5.32 Å². The van der Waals surface area contributed by atoms with Gasteiger partial charge in [-0.1, -0.05) is 17.7 Å². The van der Waals surface area contributed by atoms with E-state index in [0.717, 1.165) is 11.8 Å². The Balaban J connectivity index is 1.97. The molecule has 0 aliphatic carbocycles. The van der Waals surface area contributed by atoms with Gasteiger partial charge in [-0.25, -0.2) is 16.8 Å². The maximum Gasteiger partial charge on any atom is 0.243 e. The Kier molecular flexibility index (Phi) is 5.90. The second-order valence-corrected chi connectivity index (χ2v) is 10.8. The first-order chi connectivity index (χ1) is 11.5. The van der Waals surface area contributed by atoms with Crippen LogP contribution in [-0.2, 0) is 24.7 Å². The number of piperidine rings is 1. The number of hydrogen-bond donors (Lipinski definition) is 1. The highest BCUT2D eigenvalue weighted by Gasteiger charge is 2.31. The molecule has 0 saturated carbocycles. The normalized spacial score (nSPS) is 18.7. The summed E-state index contributed by atoms with van der Waals surface area (Å²) in [6.07, 6.45) is 1.93. The molecule has 1 atom stereocenters. The highest BCUT2D eigenvalue weighted by Crippen LogP contribution is 2.21. The monoisotopic (exact) mass is 388 g/mol. The van der Waals surface area contributed by atoms with E-state index >= 15 is 0 Å². The fraction of sp³-hybridized carbons (Fsp3) is 0.562. The molecule has 0 bridgehead atoms. The maximum absolute atomic E-state index is 12.6. The Morgan fingerprint density at radius 3 is 2.12 bits per heavy atom. The number of hydrogen-bond acceptors (Lipinski definition) is 5. The second kappa shape index (κ2) is 7.43. The Morgan fingerprint density at radius 2 is 1.64 bits per heavy atom. The predicted molar refractivity (Wildman–Crippen MR) is 95.4 cm³/mol. The van der Waals surface area contributed by atoms with Crippen molar-refractivity contribution in [2.75, 3.05) is 19.3 Å². The summed E-state index contributed by atoms with van der Waals surface area (Å²) in [7, 11) is -6.99. The summed E-state index contributed by atoms with van der Waals surface area (Å²) in [5, 5.41) is 1.60. The van der Waals surface area contributed by atoms with Gasteiger partial charge in [0.05, 0.1) is 4.90 Å². The topological polar surface area (TPSA) is 101 Å². The van der Waals surface area contributed by atoms with Gasteiger partial charge in [0.15, 0.2) is 9.84 Å². The number of aryl methyl sites for hydroxylation is 1. The minimum absolute atomic E-state index is 0.221. The first-order valence-electron chi connectivity index (χ1n) is 8.08. The molecular formula is C16H24N2O5S2. The van der Waals surface area contributed by atoms with Gasteiger partial charge in [-0.15, -0.1) is 0 Å². The number of carbonyl (C=O) groups is 1. The molecule has 1 amide bonds. The van der Waals surface area contributed by atoms with Gasteiger partial charge in [0, 0.05) is 25.4 Å². The van der Waals surface area contributed by atoms with Crippen LogP contribution in [0.3, 0.4) is 0 Å². The Labute approximate surface area is 149 Å². The third-order valence-electron chi connectivity index (χ3n) is 4.47. The first kappa shape index (κ1) is 19.9. The van der Waals surface area contributed by atoms with E-state index in [1.807, 2.05) is 6.92 Å². The Morgan fingerprint density at radius 1 is 1.12 bits per heavy atom. The zero-order valence-corrected chi connectivity index (χ0v) is 16.2. The number of nitrogens with one attached hydrogen (secondary N) is 1. The first-order valence-corrected chi connectivity index (χ1v) is 11.5. The van der Waals surface area contributed by atoms with Crippen molar-refractivity contribution in [2.45, 2.75) is 42.9 Å². The molecule has 0 spiro atoms. The van der Waals surface area contributed by atoms with E-state index in [1.54, 1.807) is 24.3 Å². The van der Waals surface area contributed by atoms with Gasteiger partial charge in [-0.3, -0.25) is 4.79 Å². The summed E-state index contributed by atoms with van der Waals surface area (Å²) in [6, 6.07) is 6.47. The minimum Gasteiger partial charge on any atom is -0.352 e. The van der Waals surface area contributed by atoms with Crippen LogP contribution in [0.4, 0.5) is 0 Å². The molecule has 1 N–H and O–H groups in total. The van der Waals surface area contributed by atoms with Crippen molar-refractivity contribution in [2.24, 2.45) is 0 Å². The highest BCUT2D eigenvalue weighted by atomic mass is 32.2. The summed E-state index contributed by atoms with van der Waals surface area (Å²) < 4.78 is 49.5. The van der Waals surface area contributed by atoms with Crippen molar-refractivity contribution in [1.29, 1.82) is 0 Å². The largest absolute Gasteiger partial charge is 0.352 e. The molecule has 2 rings (SSSR count). The van der Waals surface area contributed by atoms with E-state index in [9.17, 15) is 21.6 Å². The van der Waals surface area contributed by atoms with Gasteiger partial charge in [0.25, 0.3) is 0 Å². The van der Waals surface area contributed by atoms with Gasteiger partial charge >= 0.3 is 0 Å². The molecule has 1 aromatic rings. The van der Waals surface area contributed by atoms with Crippen molar-refractivity contribution >= 4 is 25.8 Å². The fourth-order valence-corrected chi connectivity index (χ4v) is 4.54. The molecule has 1 unspecified atom stereocenters. The standard InChI is InChI=1S/C16H24N2O5S2/c1-12-4-6-15(7-5-12)25(22,23)18-10-8-14(9-11-18)17-16(19)13(2)24(3,20)21/h4-7,13-14H,8-11H2,1-3H3,(H,17,19). The van der Waals surface area contributed by atoms with E-state index in [1.165, 1.54) is 11.2 Å². The van der Waals surface area contributed by atoms with Gasteiger partial charge in [-0.2, -0.15) is 4.31 Å². The zero-order chi connectivity index (χ0) is 18.8. The summed E-state index contributed by atoms with van der Waals surface area (Å²) in [5.41, 5.74) is 0.986. The molecule has 140 valence electrons. The van der Waals surface area contributed by atoms with E-state index in [-0.39, 0.29) is 24.0 Å². The van der Waals surface area contributed by atoms with Crippen molar-refractivity contribution in [1.82, 2.24) is 9.62 Å². The van der Waals surface area contributed by atoms with Crippen LogP contribution in [0.1, 0.15) is 25.3 Å². The van der Waals surface area contributed by atoms with Crippen LogP contribution in [0.15, 0.2) is 29.2 Å². The van der Waals surface area contributed by atoms with Crippen molar-refractivity contribution < 1.29 is 21.6 Å².